The number of benzene rings is 1. The number of rotatable bonds is 2. The lowest BCUT2D eigenvalue weighted by Crippen LogP contribution is -2.39. The summed E-state index contributed by atoms with van der Waals surface area (Å²) in [5.74, 6) is 0.306. The van der Waals surface area contributed by atoms with E-state index in [-0.39, 0.29) is 18.2 Å². The zero-order valence-electron chi connectivity index (χ0n) is 9.49. The van der Waals surface area contributed by atoms with Crippen LogP contribution < -0.4 is 20.3 Å². The van der Waals surface area contributed by atoms with Crippen LogP contribution >= 0.6 is 0 Å². The minimum Gasteiger partial charge on any atom is -0.493 e. The fraction of sp³-hybridized carbons (Fsp3) is 0.273. The van der Waals surface area contributed by atoms with Gasteiger partial charge in [0.05, 0.1) is 20.6 Å². The highest BCUT2D eigenvalue weighted by atomic mass is 16.5. The first-order chi connectivity index (χ1) is 8.15. The Hall–Kier alpha value is -2.24. The van der Waals surface area contributed by atoms with Crippen molar-refractivity contribution in [1.82, 2.24) is 10.9 Å². The van der Waals surface area contributed by atoms with E-state index in [0.717, 1.165) is 0 Å². The van der Waals surface area contributed by atoms with E-state index in [4.69, 9.17) is 9.47 Å². The summed E-state index contributed by atoms with van der Waals surface area (Å²) < 4.78 is 10.2. The van der Waals surface area contributed by atoms with Gasteiger partial charge in [-0.3, -0.25) is 20.4 Å². The standard InChI is InChI=1S/C11H12N2O4/c1-16-8-3-6-4-10(14)12-13-11(15)7(6)5-9(8)17-2/h3,5H,4H2,1-2H3,(H,12,14)(H,13,15). The van der Waals surface area contributed by atoms with Crippen molar-refractivity contribution in [1.29, 1.82) is 0 Å². The zero-order valence-corrected chi connectivity index (χ0v) is 9.49. The first-order valence-electron chi connectivity index (χ1n) is 4.99. The third-order valence-electron chi connectivity index (χ3n) is 2.52. The molecular formula is C11H12N2O4. The summed E-state index contributed by atoms with van der Waals surface area (Å²) in [6.45, 7) is 0. The molecule has 1 heterocycles. The van der Waals surface area contributed by atoms with Crippen LogP contribution in [0.5, 0.6) is 11.5 Å². The van der Waals surface area contributed by atoms with Gasteiger partial charge in [0.2, 0.25) is 5.91 Å². The molecule has 0 unspecified atom stereocenters. The molecule has 0 spiro atoms. The van der Waals surface area contributed by atoms with Gasteiger partial charge >= 0.3 is 0 Å². The molecule has 17 heavy (non-hydrogen) atoms. The summed E-state index contributed by atoms with van der Waals surface area (Å²) in [5.41, 5.74) is 5.61. The van der Waals surface area contributed by atoms with Crippen molar-refractivity contribution in [2.75, 3.05) is 14.2 Å². The molecule has 6 heteroatoms. The first-order valence-corrected chi connectivity index (χ1v) is 4.99. The highest BCUT2D eigenvalue weighted by Gasteiger charge is 2.22. The normalized spacial score (nSPS) is 14.2. The number of hydrogen-bond acceptors (Lipinski definition) is 4. The summed E-state index contributed by atoms with van der Waals surface area (Å²) in [5, 5.41) is 0. The average Bonchev–Trinajstić information content (AvgIpc) is 2.47. The van der Waals surface area contributed by atoms with E-state index in [1.54, 1.807) is 12.1 Å². The topological polar surface area (TPSA) is 76.7 Å². The minimum absolute atomic E-state index is 0.119. The molecule has 0 aromatic heterocycles. The van der Waals surface area contributed by atoms with Crippen molar-refractivity contribution in [3.05, 3.63) is 23.3 Å². The Bertz CT molecular complexity index is 485. The Morgan fingerprint density at radius 3 is 2.35 bits per heavy atom. The molecule has 0 radical (unpaired) electrons. The Morgan fingerprint density at radius 1 is 1.06 bits per heavy atom. The van der Waals surface area contributed by atoms with Gasteiger partial charge in [0.1, 0.15) is 0 Å². The fourth-order valence-electron chi connectivity index (χ4n) is 1.69. The van der Waals surface area contributed by atoms with Crippen LogP contribution in [-0.2, 0) is 11.2 Å². The number of ether oxygens (including phenoxy) is 2. The average molecular weight is 236 g/mol. The SMILES string of the molecule is COc1cc2c(cc1OC)C(=O)NNC(=O)C2. The number of nitrogens with one attached hydrogen (secondary N) is 2. The van der Waals surface area contributed by atoms with Gasteiger partial charge in [-0.25, -0.2) is 0 Å². The molecule has 0 bridgehead atoms. The van der Waals surface area contributed by atoms with Crippen LogP contribution in [0.15, 0.2) is 12.1 Å². The van der Waals surface area contributed by atoms with Crippen molar-refractivity contribution in [2.24, 2.45) is 0 Å². The maximum absolute atomic E-state index is 11.7. The summed E-state index contributed by atoms with van der Waals surface area (Å²) in [6.07, 6.45) is 0.119. The predicted molar refractivity (Wildman–Crippen MR) is 58.9 cm³/mol. The third kappa shape index (κ3) is 2.01. The van der Waals surface area contributed by atoms with E-state index in [0.29, 0.717) is 22.6 Å². The van der Waals surface area contributed by atoms with Crippen LogP contribution in [0.2, 0.25) is 0 Å². The smallest absolute Gasteiger partial charge is 0.270 e. The third-order valence-corrected chi connectivity index (χ3v) is 2.52. The second kappa shape index (κ2) is 4.32. The van der Waals surface area contributed by atoms with Crippen LogP contribution in [-0.4, -0.2) is 26.0 Å². The number of amides is 2. The monoisotopic (exact) mass is 236 g/mol. The quantitative estimate of drug-likeness (QED) is 0.759. The highest BCUT2D eigenvalue weighted by Crippen LogP contribution is 2.31. The molecule has 1 aliphatic rings. The second-order valence-electron chi connectivity index (χ2n) is 3.54. The molecule has 1 aromatic rings. The maximum atomic E-state index is 11.7. The molecule has 0 saturated carbocycles. The van der Waals surface area contributed by atoms with Crippen LogP contribution in [0, 0.1) is 0 Å². The predicted octanol–water partition coefficient (Wildman–Crippen LogP) is 0.0209. The molecule has 0 aliphatic carbocycles. The van der Waals surface area contributed by atoms with E-state index >= 15 is 0 Å². The highest BCUT2D eigenvalue weighted by molar-refractivity contribution is 6.00. The summed E-state index contributed by atoms with van der Waals surface area (Å²) in [4.78, 5) is 23.0. The van der Waals surface area contributed by atoms with Crippen molar-refractivity contribution in [3.8, 4) is 11.5 Å². The minimum atomic E-state index is -0.369. The molecule has 2 amide bonds. The van der Waals surface area contributed by atoms with Gasteiger partial charge in [0.25, 0.3) is 5.91 Å². The number of methoxy groups -OCH3 is 2. The number of carbonyl (C=O) groups is 2. The summed E-state index contributed by atoms with van der Waals surface area (Å²) in [7, 11) is 2.99. The molecule has 0 saturated heterocycles. The molecule has 0 fully saturated rings. The van der Waals surface area contributed by atoms with Crippen molar-refractivity contribution in [2.45, 2.75) is 6.42 Å². The van der Waals surface area contributed by atoms with Crippen LogP contribution in [0.3, 0.4) is 0 Å². The molecule has 0 atom stereocenters. The number of hydrogen-bond donors (Lipinski definition) is 2. The van der Waals surface area contributed by atoms with Gasteiger partial charge in [0, 0.05) is 5.56 Å². The van der Waals surface area contributed by atoms with E-state index in [1.807, 2.05) is 0 Å². The van der Waals surface area contributed by atoms with Crippen LogP contribution in [0.1, 0.15) is 15.9 Å². The van der Waals surface area contributed by atoms with Gasteiger partial charge in [-0.05, 0) is 17.7 Å². The molecule has 6 nitrogen and oxygen atoms in total. The van der Waals surface area contributed by atoms with E-state index in [2.05, 4.69) is 10.9 Å². The Balaban J connectivity index is 2.55. The van der Waals surface area contributed by atoms with Gasteiger partial charge < -0.3 is 9.47 Å². The zero-order chi connectivity index (χ0) is 12.4. The molecular weight excluding hydrogens is 224 g/mol. The first kappa shape index (κ1) is 11.3. The van der Waals surface area contributed by atoms with E-state index in [9.17, 15) is 9.59 Å². The Labute approximate surface area is 97.9 Å². The van der Waals surface area contributed by atoms with E-state index < -0.39 is 0 Å². The molecule has 1 aromatic carbocycles. The lowest BCUT2D eigenvalue weighted by Gasteiger charge is -2.11. The lowest BCUT2D eigenvalue weighted by atomic mass is 10.0. The van der Waals surface area contributed by atoms with Crippen molar-refractivity contribution >= 4 is 11.8 Å². The number of carbonyl (C=O) groups excluding carboxylic acids is 2. The van der Waals surface area contributed by atoms with Gasteiger partial charge in [-0.15, -0.1) is 0 Å². The van der Waals surface area contributed by atoms with Crippen molar-refractivity contribution in [3.63, 3.8) is 0 Å². The summed E-state index contributed by atoms with van der Waals surface area (Å²) in [6, 6.07) is 3.20. The van der Waals surface area contributed by atoms with Crippen LogP contribution in [0.25, 0.3) is 0 Å². The lowest BCUT2D eigenvalue weighted by molar-refractivity contribution is -0.121. The van der Waals surface area contributed by atoms with Gasteiger partial charge in [0.15, 0.2) is 11.5 Å². The van der Waals surface area contributed by atoms with Crippen molar-refractivity contribution < 1.29 is 19.1 Å². The van der Waals surface area contributed by atoms with Gasteiger partial charge in [-0.2, -0.15) is 0 Å². The van der Waals surface area contributed by atoms with E-state index in [1.165, 1.54) is 14.2 Å². The molecule has 2 N–H and O–H groups in total. The number of hydrazine groups is 1. The maximum Gasteiger partial charge on any atom is 0.270 e. The van der Waals surface area contributed by atoms with Gasteiger partial charge in [-0.1, -0.05) is 0 Å². The Morgan fingerprint density at radius 2 is 1.71 bits per heavy atom. The molecule has 1 aliphatic heterocycles. The Kier molecular flexibility index (Phi) is 2.86. The van der Waals surface area contributed by atoms with Crippen LogP contribution in [0.4, 0.5) is 0 Å². The molecule has 90 valence electrons. The molecule has 2 rings (SSSR count). The number of fused-ring (bicyclic) bond motifs is 1. The summed E-state index contributed by atoms with van der Waals surface area (Å²) >= 11 is 0. The fourth-order valence-corrected chi connectivity index (χ4v) is 1.69. The largest absolute Gasteiger partial charge is 0.493 e. The second-order valence-corrected chi connectivity index (χ2v) is 3.54.